The number of aliphatic imine (C=N–C) groups is 1. The summed E-state index contributed by atoms with van der Waals surface area (Å²) in [5.41, 5.74) is 0.615. The molecule has 0 aliphatic rings. The van der Waals surface area contributed by atoms with Crippen LogP contribution < -0.4 is 15.4 Å². The van der Waals surface area contributed by atoms with Crippen LogP contribution in [-0.4, -0.2) is 39.4 Å². The van der Waals surface area contributed by atoms with Gasteiger partial charge in [0.1, 0.15) is 5.75 Å². The van der Waals surface area contributed by atoms with E-state index in [1.165, 1.54) is 6.07 Å². The molecule has 0 atom stereocenters. The topological polar surface area (TPSA) is 54.9 Å². The quantitative estimate of drug-likeness (QED) is 0.204. The van der Waals surface area contributed by atoms with Gasteiger partial charge in [-0.05, 0) is 38.0 Å². The number of unbranched alkanes of at least 4 members (excludes halogenated alkanes) is 1. The average molecular weight is 536 g/mol. The zero-order valence-electron chi connectivity index (χ0n) is 14.4. The molecule has 1 aromatic rings. The molecular weight excluding hydrogens is 511 g/mol. The Morgan fingerprint density at radius 3 is 2.68 bits per heavy atom. The number of ether oxygens (including phenoxy) is 2. The second kappa shape index (κ2) is 14.5. The van der Waals surface area contributed by atoms with E-state index in [0.717, 1.165) is 37.1 Å². The minimum absolute atomic E-state index is 0. The van der Waals surface area contributed by atoms with Crippen LogP contribution in [0.5, 0.6) is 5.75 Å². The molecule has 0 radical (unpaired) electrons. The summed E-state index contributed by atoms with van der Waals surface area (Å²) in [6.45, 7) is 1.67. The predicted molar refractivity (Wildman–Crippen MR) is 110 cm³/mol. The first-order valence-electron chi connectivity index (χ1n) is 7.82. The summed E-state index contributed by atoms with van der Waals surface area (Å²) in [6.07, 6.45) is 1.92. The number of hydrogen-bond acceptors (Lipinski definition) is 3. The first kappa shape index (κ1) is 24.3. The monoisotopic (exact) mass is 535 g/mol. The maximum atomic E-state index is 12.5. The van der Waals surface area contributed by atoms with Crippen molar-refractivity contribution in [3.8, 4) is 5.75 Å². The predicted octanol–water partition coefficient (Wildman–Crippen LogP) is 4.15. The van der Waals surface area contributed by atoms with Crippen molar-refractivity contribution in [1.82, 2.24) is 10.6 Å². The largest absolute Gasteiger partial charge is 0.434 e. The van der Waals surface area contributed by atoms with Crippen molar-refractivity contribution in [1.29, 1.82) is 0 Å². The Labute approximate surface area is 173 Å². The highest BCUT2D eigenvalue weighted by Crippen LogP contribution is 2.24. The minimum atomic E-state index is -2.85. The van der Waals surface area contributed by atoms with Gasteiger partial charge < -0.3 is 20.1 Å². The van der Waals surface area contributed by atoms with Crippen molar-refractivity contribution in [2.75, 3.05) is 26.8 Å². The number of alkyl halides is 2. The second-order valence-electron chi connectivity index (χ2n) is 4.89. The van der Waals surface area contributed by atoms with E-state index in [2.05, 4.69) is 36.3 Å². The second-order valence-corrected chi connectivity index (χ2v) is 5.80. The summed E-state index contributed by atoms with van der Waals surface area (Å²) < 4.78 is 35.5. The van der Waals surface area contributed by atoms with E-state index in [1.54, 1.807) is 19.2 Å². The minimum Gasteiger partial charge on any atom is -0.434 e. The molecule has 0 aliphatic heterocycles. The van der Waals surface area contributed by atoms with Gasteiger partial charge in [0.25, 0.3) is 0 Å². The fraction of sp³-hybridized carbons (Fsp3) is 0.562. The van der Waals surface area contributed by atoms with Crippen LogP contribution in [0, 0.1) is 0 Å². The molecule has 0 bridgehead atoms. The molecule has 0 saturated carbocycles. The van der Waals surface area contributed by atoms with Crippen LogP contribution in [-0.2, 0) is 11.3 Å². The van der Waals surface area contributed by atoms with Crippen molar-refractivity contribution in [2.24, 2.45) is 4.99 Å². The molecule has 0 fully saturated rings. The highest BCUT2D eigenvalue weighted by atomic mass is 127. The SMILES string of the molecule is CCOCCCCNC(=NC)NCc1cc(Br)ccc1OC(F)F.I. The molecule has 2 N–H and O–H groups in total. The van der Waals surface area contributed by atoms with Gasteiger partial charge in [0, 0.05) is 43.4 Å². The lowest BCUT2D eigenvalue weighted by Gasteiger charge is -2.15. The lowest BCUT2D eigenvalue weighted by molar-refractivity contribution is -0.0504. The molecule has 1 aromatic carbocycles. The number of hydrogen-bond donors (Lipinski definition) is 2. The molecule has 144 valence electrons. The molecule has 0 saturated heterocycles. The summed E-state index contributed by atoms with van der Waals surface area (Å²) in [4.78, 5) is 4.11. The molecule has 25 heavy (non-hydrogen) atoms. The normalized spacial score (nSPS) is 11.2. The third-order valence-corrected chi connectivity index (χ3v) is 3.61. The zero-order chi connectivity index (χ0) is 17.8. The van der Waals surface area contributed by atoms with Gasteiger partial charge in [-0.1, -0.05) is 15.9 Å². The molecule has 0 amide bonds. The smallest absolute Gasteiger partial charge is 0.387 e. The van der Waals surface area contributed by atoms with Crippen LogP contribution in [0.3, 0.4) is 0 Å². The van der Waals surface area contributed by atoms with Crippen LogP contribution in [0.1, 0.15) is 25.3 Å². The highest BCUT2D eigenvalue weighted by molar-refractivity contribution is 14.0. The van der Waals surface area contributed by atoms with E-state index < -0.39 is 6.61 Å². The van der Waals surface area contributed by atoms with E-state index >= 15 is 0 Å². The van der Waals surface area contributed by atoms with Crippen molar-refractivity contribution >= 4 is 45.9 Å². The molecule has 0 aromatic heterocycles. The maximum absolute atomic E-state index is 12.5. The van der Waals surface area contributed by atoms with E-state index in [9.17, 15) is 8.78 Å². The van der Waals surface area contributed by atoms with Gasteiger partial charge in [0.05, 0.1) is 0 Å². The van der Waals surface area contributed by atoms with E-state index in [0.29, 0.717) is 18.1 Å². The first-order chi connectivity index (χ1) is 11.6. The van der Waals surface area contributed by atoms with Crippen molar-refractivity contribution in [3.05, 3.63) is 28.2 Å². The average Bonchev–Trinajstić information content (AvgIpc) is 2.55. The molecular formula is C16H25BrF2IN3O2. The standard InChI is InChI=1S/C16H24BrF2N3O2.HI/c1-3-23-9-5-4-8-21-16(20-2)22-11-12-10-13(17)6-7-14(12)24-15(18)19;/h6-7,10,15H,3-5,8-9,11H2,1-2H3,(H2,20,21,22);1H. The number of nitrogens with one attached hydrogen (secondary N) is 2. The Bertz CT molecular complexity index is 522. The van der Waals surface area contributed by atoms with Gasteiger partial charge in [-0.2, -0.15) is 8.78 Å². The summed E-state index contributed by atoms with van der Waals surface area (Å²) in [7, 11) is 1.66. The Balaban J connectivity index is 0.00000576. The van der Waals surface area contributed by atoms with E-state index in [-0.39, 0.29) is 29.7 Å². The molecule has 5 nitrogen and oxygen atoms in total. The fourth-order valence-corrected chi connectivity index (χ4v) is 2.39. The highest BCUT2D eigenvalue weighted by Gasteiger charge is 2.10. The maximum Gasteiger partial charge on any atom is 0.387 e. The van der Waals surface area contributed by atoms with Crippen molar-refractivity contribution in [2.45, 2.75) is 32.9 Å². The van der Waals surface area contributed by atoms with Gasteiger partial charge in [-0.25, -0.2) is 0 Å². The third-order valence-electron chi connectivity index (χ3n) is 3.12. The van der Waals surface area contributed by atoms with Gasteiger partial charge in [0.15, 0.2) is 5.96 Å². The lowest BCUT2D eigenvalue weighted by atomic mass is 10.2. The van der Waals surface area contributed by atoms with Crippen LogP contribution in [0.2, 0.25) is 0 Å². The van der Waals surface area contributed by atoms with Gasteiger partial charge in [0.2, 0.25) is 0 Å². The van der Waals surface area contributed by atoms with Gasteiger partial charge in [-0.15, -0.1) is 24.0 Å². The summed E-state index contributed by atoms with van der Waals surface area (Å²) in [5.74, 6) is 0.752. The Kier molecular flexibility index (Phi) is 14.1. The summed E-state index contributed by atoms with van der Waals surface area (Å²) in [5, 5.41) is 6.26. The third kappa shape index (κ3) is 10.8. The molecule has 9 heteroatoms. The van der Waals surface area contributed by atoms with Crippen molar-refractivity contribution < 1.29 is 18.3 Å². The summed E-state index contributed by atoms with van der Waals surface area (Å²) >= 11 is 3.33. The van der Waals surface area contributed by atoms with Crippen LogP contribution in [0.4, 0.5) is 8.78 Å². The molecule has 0 unspecified atom stereocenters. The number of benzene rings is 1. The Morgan fingerprint density at radius 2 is 2.04 bits per heavy atom. The number of halogens is 4. The van der Waals surface area contributed by atoms with E-state index in [4.69, 9.17) is 4.74 Å². The van der Waals surface area contributed by atoms with Crippen LogP contribution >= 0.6 is 39.9 Å². The molecule has 1 rings (SSSR count). The van der Waals surface area contributed by atoms with Gasteiger partial charge in [-0.3, -0.25) is 4.99 Å². The van der Waals surface area contributed by atoms with Crippen LogP contribution in [0.25, 0.3) is 0 Å². The Hall–Kier alpha value is -0.680. The zero-order valence-corrected chi connectivity index (χ0v) is 18.3. The van der Waals surface area contributed by atoms with E-state index in [1.807, 2.05) is 6.92 Å². The molecule has 0 heterocycles. The molecule has 0 spiro atoms. The van der Waals surface area contributed by atoms with Crippen molar-refractivity contribution in [3.63, 3.8) is 0 Å². The summed E-state index contributed by atoms with van der Waals surface area (Å²) in [6, 6.07) is 4.91. The first-order valence-corrected chi connectivity index (χ1v) is 8.61. The number of rotatable bonds is 10. The number of guanidine groups is 1. The number of nitrogens with zero attached hydrogens (tertiary/aromatic N) is 1. The Morgan fingerprint density at radius 1 is 1.28 bits per heavy atom. The lowest BCUT2D eigenvalue weighted by Crippen LogP contribution is -2.37. The fourth-order valence-electron chi connectivity index (χ4n) is 1.98. The van der Waals surface area contributed by atoms with Gasteiger partial charge >= 0.3 is 6.61 Å². The molecule has 0 aliphatic carbocycles. The van der Waals surface area contributed by atoms with Crippen LogP contribution in [0.15, 0.2) is 27.7 Å².